The number of aliphatic hydroxyl groups is 1. The SMILES string of the molecule is O=C(O)N1CCN(C(=O)O)[C@@H](C(O)c2ccccc2)C1. The van der Waals surface area contributed by atoms with Crippen molar-refractivity contribution in [3.05, 3.63) is 35.9 Å². The van der Waals surface area contributed by atoms with Gasteiger partial charge in [0, 0.05) is 19.6 Å². The Bertz CT molecular complexity index is 493. The molecule has 1 unspecified atom stereocenters. The van der Waals surface area contributed by atoms with Gasteiger partial charge < -0.3 is 20.2 Å². The van der Waals surface area contributed by atoms with Crippen molar-refractivity contribution in [3.8, 4) is 0 Å². The van der Waals surface area contributed by atoms with Gasteiger partial charge in [-0.05, 0) is 5.56 Å². The summed E-state index contributed by atoms with van der Waals surface area (Å²) in [6.07, 6.45) is -3.33. The number of hydrogen-bond acceptors (Lipinski definition) is 3. The van der Waals surface area contributed by atoms with E-state index in [0.717, 1.165) is 9.80 Å². The third kappa shape index (κ3) is 2.83. The summed E-state index contributed by atoms with van der Waals surface area (Å²) < 4.78 is 0. The van der Waals surface area contributed by atoms with Gasteiger partial charge in [-0.1, -0.05) is 30.3 Å². The molecule has 20 heavy (non-hydrogen) atoms. The molecule has 1 aromatic rings. The number of amides is 2. The lowest BCUT2D eigenvalue weighted by molar-refractivity contribution is 0.00326. The third-order valence-electron chi connectivity index (χ3n) is 3.44. The van der Waals surface area contributed by atoms with Gasteiger partial charge >= 0.3 is 12.2 Å². The van der Waals surface area contributed by atoms with Gasteiger partial charge in [-0.2, -0.15) is 0 Å². The van der Waals surface area contributed by atoms with Crippen molar-refractivity contribution in [2.24, 2.45) is 0 Å². The quantitative estimate of drug-likeness (QED) is 0.752. The molecule has 108 valence electrons. The maximum absolute atomic E-state index is 11.2. The van der Waals surface area contributed by atoms with E-state index in [2.05, 4.69) is 0 Å². The highest BCUT2D eigenvalue weighted by Crippen LogP contribution is 2.24. The lowest BCUT2D eigenvalue weighted by Crippen LogP contribution is -2.58. The van der Waals surface area contributed by atoms with E-state index in [9.17, 15) is 19.8 Å². The second kappa shape index (κ2) is 5.79. The molecule has 7 nitrogen and oxygen atoms in total. The van der Waals surface area contributed by atoms with Crippen LogP contribution in [0.1, 0.15) is 11.7 Å². The first-order chi connectivity index (χ1) is 9.50. The molecule has 3 N–H and O–H groups in total. The zero-order valence-electron chi connectivity index (χ0n) is 10.7. The van der Waals surface area contributed by atoms with E-state index < -0.39 is 24.3 Å². The zero-order chi connectivity index (χ0) is 14.7. The molecule has 2 rings (SSSR count). The van der Waals surface area contributed by atoms with Crippen molar-refractivity contribution < 1.29 is 24.9 Å². The Morgan fingerprint density at radius 3 is 2.30 bits per heavy atom. The molecule has 0 aliphatic carbocycles. The van der Waals surface area contributed by atoms with E-state index in [1.54, 1.807) is 30.3 Å². The molecule has 2 amide bonds. The average Bonchev–Trinajstić information content (AvgIpc) is 2.46. The first kappa shape index (κ1) is 14.1. The fourth-order valence-electron chi connectivity index (χ4n) is 2.36. The predicted molar refractivity (Wildman–Crippen MR) is 69.5 cm³/mol. The molecule has 1 heterocycles. The Morgan fingerprint density at radius 1 is 1.10 bits per heavy atom. The standard InChI is InChI=1S/C13H16N2O5/c16-11(9-4-2-1-3-5-9)10-8-14(12(17)18)6-7-15(10)13(19)20/h1-5,10-11,16H,6-8H2,(H,17,18)(H,19,20)/t10-,11?/m1/s1. The van der Waals surface area contributed by atoms with Crippen molar-refractivity contribution in [3.63, 3.8) is 0 Å². The minimum Gasteiger partial charge on any atom is -0.465 e. The molecule has 0 bridgehead atoms. The van der Waals surface area contributed by atoms with Crippen molar-refractivity contribution in [2.75, 3.05) is 19.6 Å². The van der Waals surface area contributed by atoms with Crippen molar-refractivity contribution in [1.29, 1.82) is 0 Å². The normalized spacial score (nSPS) is 20.6. The van der Waals surface area contributed by atoms with Crippen molar-refractivity contribution in [2.45, 2.75) is 12.1 Å². The fourth-order valence-corrected chi connectivity index (χ4v) is 2.36. The highest BCUT2D eigenvalue weighted by Gasteiger charge is 2.37. The zero-order valence-corrected chi connectivity index (χ0v) is 10.7. The van der Waals surface area contributed by atoms with E-state index in [1.807, 2.05) is 0 Å². The summed E-state index contributed by atoms with van der Waals surface area (Å²) in [5, 5.41) is 28.5. The van der Waals surface area contributed by atoms with Gasteiger partial charge in [-0.3, -0.25) is 4.90 Å². The summed E-state index contributed by atoms with van der Waals surface area (Å²) in [7, 11) is 0. The van der Waals surface area contributed by atoms with Crippen LogP contribution in [-0.4, -0.2) is 63.0 Å². The van der Waals surface area contributed by atoms with Crippen molar-refractivity contribution in [1.82, 2.24) is 9.80 Å². The van der Waals surface area contributed by atoms with Crippen LogP contribution in [0.15, 0.2) is 30.3 Å². The fraction of sp³-hybridized carbons (Fsp3) is 0.385. The number of piperazine rings is 1. The number of carboxylic acid groups (broad SMARTS) is 2. The molecule has 1 aliphatic rings. The minimum atomic E-state index is -1.16. The average molecular weight is 280 g/mol. The number of aliphatic hydroxyl groups excluding tert-OH is 1. The lowest BCUT2D eigenvalue weighted by atomic mass is 9.99. The number of hydrogen-bond donors (Lipinski definition) is 3. The third-order valence-corrected chi connectivity index (χ3v) is 3.44. The van der Waals surface area contributed by atoms with Crippen LogP contribution in [-0.2, 0) is 0 Å². The lowest BCUT2D eigenvalue weighted by Gasteiger charge is -2.40. The van der Waals surface area contributed by atoms with Crippen molar-refractivity contribution >= 4 is 12.2 Å². The van der Waals surface area contributed by atoms with Crippen LogP contribution < -0.4 is 0 Å². The summed E-state index contributed by atoms with van der Waals surface area (Å²) in [4.78, 5) is 24.5. The first-order valence-corrected chi connectivity index (χ1v) is 6.21. The Labute approximate surface area is 115 Å². The predicted octanol–water partition coefficient (Wildman–Crippen LogP) is 1.06. The summed E-state index contributed by atoms with van der Waals surface area (Å²) in [6.45, 7) is 0.119. The summed E-state index contributed by atoms with van der Waals surface area (Å²) in [6, 6.07) is 7.83. The maximum atomic E-state index is 11.2. The molecular weight excluding hydrogens is 264 g/mol. The highest BCUT2D eigenvalue weighted by atomic mass is 16.4. The maximum Gasteiger partial charge on any atom is 0.407 e. The van der Waals surface area contributed by atoms with Gasteiger partial charge in [0.15, 0.2) is 0 Å². The van der Waals surface area contributed by atoms with E-state index in [1.165, 1.54) is 0 Å². The molecule has 0 aromatic heterocycles. The topological polar surface area (TPSA) is 101 Å². The Balaban J connectivity index is 2.23. The molecule has 0 radical (unpaired) electrons. The molecule has 2 atom stereocenters. The molecule has 1 fully saturated rings. The monoisotopic (exact) mass is 280 g/mol. The second-order valence-corrected chi connectivity index (χ2v) is 4.63. The molecule has 0 spiro atoms. The van der Waals surface area contributed by atoms with Gasteiger partial charge in [-0.15, -0.1) is 0 Å². The second-order valence-electron chi connectivity index (χ2n) is 4.63. The van der Waals surface area contributed by atoms with Crippen LogP contribution in [0.2, 0.25) is 0 Å². The summed E-state index contributed by atoms with van der Waals surface area (Å²) >= 11 is 0. The van der Waals surface area contributed by atoms with Gasteiger partial charge in [0.25, 0.3) is 0 Å². The van der Waals surface area contributed by atoms with E-state index in [4.69, 9.17) is 5.11 Å². The number of carbonyl (C=O) groups is 2. The van der Waals surface area contributed by atoms with Gasteiger partial charge in [0.1, 0.15) is 6.10 Å². The van der Waals surface area contributed by atoms with E-state index >= 15 is 0 Å². The molecular formula is C13H16N2O5. The smallest absolute Gasteiger partial charge is 0.407 e. The highest BCUT2D eigenvalue weighted by molar-refractivity contribution is 5.68. The number of rotatable bonds is 2. The van der Waals surface area contributed by atoms with E-state index in [0.29, 0.717) is 5.56 Å². The van der Waals surface area contributed by atoms with Crippen LogP contribution in [0.3, 0.4) is 0 Å². The van der Waals surface area contributed by atoms with Crippen LogP contribution in [0.4, 0.5) is 9.59 Å². The van der Waals surface area contributed by atoms with Crippen LogP contribution in [0.5, 0.6) is 0 Å². The van der Waals surface area contributed by atoms with Crippen LogP contribution in [0.25, 0.3) is 0 Å². The minimum absolute atomic E-state index is 0.0440. The molecule has 1 saturated heterocycles. The number of benzene rings is 1. The Kier molecular flexibility index (Phi) is 4.09. The summed E-state index contributed by atoms with van der Waals surface area (Å²) in [5.74, 6) is 0. The van der Waals surface area contributed by atoms with Gasteiger partial charge in [0.2, 0.25) is 0 Å². The molecule has 1 aromatic carbocycles. The largest absolute Gasteiger partial charge is 0.465 e. The molecule has 1 aliphatic heterocycles. The Morgan fingerprint density at radius 2 is 1.75 bits per heavy atom. The first-order valence-electron chi connectivity index (χ1n) is 6.21. The Hall–Kier alpha value is -2.28. The van der Waals surface area contributed by atoms with Gasteiger partial charge in [0.05, 0.1) is 6.04 Å². The summed E-state index contributed by atoms with van der Waals surface area (Å²) in [5.41, 5.74) is 0.566. The molecule has 0 saturated carbocycles. The van der Waals surface area contributed by atoms with Gasteiger partial charge in [-0.25, -0.2) is 9.59 Å². The van der Waals surface area contributed by atoms with E-state index in [-0.39, 0.29) is 19.6 Å². The van der Waals surface area contributed by atoms with Crippen LogP contribution >= 0.6 is 0 Å². The number of nitrogens with zero attached hydrogens (tertiary/aromatic N) is 2. The molecule has 7 heteroatoms. The van der Waals surface area contributed by atoms with Crippen LogP contribution in [0, 0.1) is 0 Å².